The van der Waals surface area contributed by atoms with E-state index in [4.69, 9.17) is 4.74 Å². The monoisotopic (exact) mass is 448 g/mol. The Balaban J connectivity index is 1.75. The summed E-state index contributed by atoms with van der Waals surface area (Å²) in [6.45, 7) is 5.34. The minimum atomic E-state index is -3.59. The molecule has 2 aromatic carbocycles. The molecular weight excluding hydrogens is 420 g/mol. The molecule has 0 aromatic heterocycles. The number of hydrogen-bond donors (Lipinski definition) is 1. The second kappa shape index (κ2) is 10.3. The first-order valence-corrected chi connectivity index (χ1v) is 12.6. The van der Waals surface area contributed by atoms with Gasteiger partial charge in [0.1, 0.15) is 5.75 Å². The second-order valence-corrected chi connectivity index (χ2v) is 10.2. The van der Waals surface area contributed by atoms with E-state index in [1.165, 1.54) is 22.1 Å². The summed E-state index contributed by atoms with van der Waals surface area (Å²) in [5, 5.41) is 2.82. The molecule has 30 heavy (non-hydrogen) atoms. The van der Waals surface area contributed by atoms with Gasteiger partial charge in [-0.2, -0.15) is 4.31 Å². The smallest absolute Gasteiger partial charge is 0.243 e. The van der Waals surface area contributed by atoms with E-state index in [0.29, 0.717) is 31.1 Å². The van der Waals surface area contributed by atoms with Crippen LogP contribution in [0, 0.1) is 6.92 Å². The van der Waals surface area contributed by atoms with Gasteiger partial charge >= 0.3 is 0 Å². The van der Waals surface area contributed by atoms with Crippen LogP contribution in [-0.4, -0.2) is 44.1 Å². The fourth-order valence-corrected chi connectivity index (χ4v) is 5.51. The van der Waals surface area contributed by atoms with E-state index >= 15 is 0 Å². The average molecular weight is 449 g/mol. The predicted molar refractivity (Wildman–Crippen MR) is 121 cm³/mol. The van der Waals surface area contributed by atoms with Gasteiger partial charge in [-0.25, -0.2) is 8.42 Å². The van der Waals surface area contributed by atoms with E-state index in [0.717, 1.165) is 29.7 Å². The van der Waals surface area contributed by atoms with Crippen LogP contribution in [0.5, 0.6) is 5.75 Å². The number of nitrogens with zero attached hydrogens (tertiary/aromatic N) is 1. The van der Waals surface area contributed by atoms with Gasteiger partial charge in [0.15, 0.2) is 0 Å². The number of nitrogens with one attached hydrogen (secondary N) is 1. The van der Waals surface area contributed by atoms with E-state index in [2.05, 4.69) is 5.32 Å². The number of carbonyl (C=O) groups excluding carboxylic acids is 1. The van der Waals surface area contributed by atoms with Gasteiger partial charge in [-0.3, -0.25) is 4.79 Å². The lowest BCUT2D eigenvalue weighted by atomic mass is 10.2. The lowest BCUT2D eigenvalue weighted by Crippen LogP contribution is -2.35. The van der Waals surface area contributed by atoms with E-state index in [1.54, 1.807) is 12.1 Å². The fourth-order valence-electron chi connectivity index (χ4n) is 3.27. The molecule has 0 bridgehead atoms. The predicted octanol–water partition coefficient (Wildman–Crippen LogP) is 4.30. The fraction of sp³-hybridized carbons (Fsp3) is 0.409. The largest absolute Gasteiger partial charge is 0.492 e. The second-order valence-electron chi connectivity index (χ2n) is 7.21. The van der Waals surface area contributed by atoms with Gasteiger partial charge in [0.05, 0.1) is 22.9 Å². The highest BCUT2D eigenvalue weighted by Gasteiger charge is 2.27. The number of hydrogen-bond acceptors (Lipinski definition) is 5. The van der Waals surface area contributed by atoms with Crippen molar-refractivity contribution in [2.75, 3.05) is 30.8 Å². The van der Waals surface area contributed by atoms with Gasteiger partial charge in [0.25, 0.3) is 0 Å². The molecule has 162 valence electrons. The summed E-state index contributed by atoms with van der Waals surface area (Å²) in [7, 11) is -3.59. The minimum absolute atomic E-state index is 0.175. The summed E-state index contributed by atoms with van der Waals surface area (Å²) >= 11 is 1.43. The van der Waals surface area contributed by atoms with Gasteiger partial charge in [0.2, 0.25) is 15.9 Å². The van der Waals surface area contributed by atoms with Crippen molar-refractivity contribution in [2.45, 2.75) is 42.9 Å². The van der Waals surface area contributed by atoms with Crippen LogP contribution in [-0.2, 0) is 14.8 Å². The molecule has 0 radical (unpaired) electrons. The highest BCUT2D eigenvalue weighted by atomic mass is 32.2. The van der Waals surface area contributed by atoms with Crippen molar-refractivity contribution in [1.29, 1.82) is 0 Å². The average Bonchev–Trinajstić information content (AvgIpc) is 2.75. The first-order valence-electron chi connectivity index (χ1n) is 10.2. The number of piperidine rings is 1. The van der Waals surface area contributed by atoms with Crippen LogP contribution < -0.4 is 10.1 Å². The molecule has 1 N–H and O–H groups in total. The van der Waals surface area contributed by atoms with Gasteiger partial charge in [-0.05, 0) is 57.0 Å². The third-order valence-corrected chi connectivity index (χ3v) is 7.78. The van der Waals surface area contributed by atoms with Crippen LogP contribution >= 0.6 is 11.8 Å². The first-order chi connectivity index (χ1) is 14.4. The molecular formula is C22H28N2O4S2. The third kappa shape index (κ3) is 5.77. The van der Waals surface area contributed by atoms with E-state index in [9.17, 15) is 13.2 Å². The Kier molecular flexibility index (Phi) is 7.80. The molecule has 8 heteroatoms. The summed E-state index contributed by atoms with van der Waals surface area (Å²) < 4.78 is 33.1. The lowest BCUT2D eigenvalue weighted by Gasteiger charge is -2.26. The maximum absolute atomic E-state index is 13.0. The van der Waals surface area contributed by atoms with Crippen LogP contribution in [0.3, 0.4) is 0 Å². The topological polar surface area (TPSA) is 75.7 Å². The number of anilines is 1. The number of aryl methyl sites for hydroxylation is 1. The number of thioether (sulfide) groups is 1. The molecule has 1 aliphatic heterocycles. The Morgan fingerprint density at radius 3 is 2.47 bits per heavy atom. The molecule has 1 saturated heterocycles. The SMILES string of the molecule is CCOc1ccc(S(=O)(=O)N2CCCCC2)cc1NC(=O)CSc1ccc(C)cc1. The molecule has 3 rings (SSSR count). The van der Waals surface area contributed by atoms with Crippen LogP contribution in [0.2, 0.25) is 0 Å². The molecule has 0 atom stereocenters. The van der Waals surface area contributed by atoms with Crippen molar-refractivity contribution >= 4 is 33.4 Å². The van der Waals surface area contributed by atoms with Crippen LogP contribution in [0.1, 0.15) is 31.7 Å². The Morgan fingerprint density at radius 2 is 1.80 bits per heavy atom. The van der Waals surface area contributed by atoms with Gasteiger partial charge in [0, 0.05) is 18.0 Å². The summed E-state index contributed by atoms with van der Waals surface area (Å²) in [5.74, 6) is 0.468. The quantitative estimate of drug-likeness (QED) is 0.610. The Morgan fingerprint density at radius 1 is 1.10 bits per heavy atom. The van der Waals surface area contributed by atoms with Crippen molar-refractivity contribution in [3.63, 3.8) is 0 Å². The summed E-state index contributed by atoms with van der Waals surface area (Å²) in [6, 6.07) is 12.6. The number of carbonyl (C=O) groups is 1. The number of ether oxygens (including phenoxy) is 1. The number of benzene rings is 2. The molecule has 0 aliphatic carbocycles. The van der Waals surface area contributed by atoms with E-state index < -0.39 is 10.0 Å². The molecule has 1 fully saturated rings. The van der Waals surface area contributed by atoms with Crippen molar-refractivity contribution in [3.8, 4) is 5.75 Å². The normalized spacial score (nSPS) is 15.0. The molecule has 0 unspecified atom stereocenters. The first kappa shape index (κ1) is 22.7. The summed E-state index contributed by atoms with van der Waals surface area (Å²) in [4.78, 5) is 13.7. The summed E-state index contributed by atoms with van der Waals surface area (Å²) in [6.07, 6.45) is 2.79. The third-order valence-electron chi connectivity index (χ3n) is 4.87. The molecule has 2 aromatic rings. The molecule has 0 spiro atoms. The van der Waals surface area contributed by atoms with Crippen molar-refractivity contribution in [1.82, 2.24) is 4.31 Å². The molecule has 6 nitrogen and oxygen atoms in total. The van der Waals surface area contributed by atoms with Gasteiger partial charge < -0.3 is 10.1 Å². The molecule has 1 amide bonds. The van der Waals surface area contributed by atoms with Gasteiger partial charge in [-0.15, -0.1) is 11.8 Å². The molecule has 1 aliphatic rings. The Hall–Kier alpha value is -2.03. The van der Waals surface area contributed by atoms with Crippen molar-refractivity contribution in [3.05, 3.63) is 48.0 Å². The van der Waals surface area contributed by atoms with E-state index in [-0.39, 0.29) is 16.6 Å². The number of rotatable bonds is 8. The highest BCUT2D eigenvalue weighted by Crippen LogP contribution is 2.30. The minimum Gasteiger partial charge on any atom is -0.492 e. The van der Waals surface area contributed by atoms with Crippen LogP contribution in [0.25, 0.3) is 0 Å². The number of sulfonamides is 1. The highest BCUT2D eigenvalue weighted by molar-refractivity contribution is 8.00. The standard InChI is InChI=1S/C22H28N2O4S2/c1-3-28-21-12-11-19(30(26,27)24-13-5-4-6-14-24)15-20(21)23-22(25)16-29-18-9-7-17(2)8-10-18/h7-12,15H,3-6,13-14,16H2,1-2H3,(H,23,25). The van der Waals surface area contributed by atoms with Crippen LogP contribution in [0.15, 0.2) is 52.3 Å². The Bertz CT molecular complexity index is 969. The van der Waals surface area contributed by atoms with E-state index in [1.807, 2.05) is 38.1 Å². The summed E-state index contributed by atoms with van der Waals surface area (Å²) in [5.41, 5.74) is 1.54. The maximum atomic E-state index is 13.0. The zero-order valence-corrected chi connectivity index (χ0v) is 19.0. The van der Waals surface area contributed by atoms with Crippen molar-refractivity contribution < 1.29 is 17.9 Å². The zero-order valence-electron chi connectivity index (χ0n) is 17.4. The van der Waals surface area contributed by atoms with Crippen LogP contribution in [0.4, 0.5) is 5.69 Å². The molecule has 1 heterocycles. The lowest BCUT2D eigenvalue weighted by molar-refractivity contribution is -0.113. The molecule has 0 saturated carbocycles. The van der Waals surface area contributed by atoms with Gasteiger partial charge in [-0.1, -0.05) is 24.1 Å². The maximum Gasteiger partial charge on any atom is 0.243 e. The Labute approximate surface area is 183 Å². The number of amides is 1. The van der Waals surface area contributed by atoms with Crippen molar-refractivity contribution in [2.24, 2.45) is 0 Å². The zero-order chi connectivity index (χ0) is 21.6.